The highest BCUT2D eigenvalue weighted by atomic mass is 31.1. The van der Waals surface area contributed by atoms with Gasteiger partial charge >= 0.3 is 13.7 Å². The van der Waals surface area contributed by atoms with Crippen molar-refractivity contribution in [2.75, 3.05) is 19.8 Å². The number of carboxylic acid groups (broad SMARTS) is 1. The molecule has 0 aromatic rings. The summed E-state index contributed by atoms with van der Waals surface area (Å²) in [5, 5.41) is 18.0. The fourth-order valence-electron chi connectivity index (χ4n) is 3.23. The van der Waals surface area contributed by atoms with Gasteiger partial charge in [-0.25, -0.2) is 0 Å². The fourth-order valence-corrected chi connectivity index (χ4v) is 3.65. The second-order valence-electron chi connectivity index (χ2n) is 7.87. The maximum absolute atomic E-state index is 10.9. The zero-order valence-electron chi connectivity index (χ0n) is 18.5. The van der Waals surface area contributed by atoms with Crippen LogP contribution < -0.4 is 0 Å². The van der Waals surface area contributed by atoms with Crippen LogP contribution in [0.2, 0.25) is 0 Å². The number of hydrogen-bond acceptors (Lipinski definition) is 5. The van der Waals surface area contributed by atoms with Crippen LogP contribution in [0, 0.1) is 0 Å². The normalized spacial score (nSPS) is 12.8. The van der Waals surface area contributed by atoms with E-state index < -0.39 is 19.8 Å². The number of aliphatic hydroxyl groups excluding tert-OH is 1. The van der Waals surface area contributed by atoms with Gasteiger partial charge in [-0.3, -0.25) is 0 Å². The lowest BCUT2D eigenvalue weighted by Crippen LogP contribution is -2.21. The zero-order chi connectivity index (χ0) is 21.6. The second kappa shape index (κ2) is 22.1. The molecule has 0 saturated heterocycles. The van der Waals surface area contributed by atoms with E-state index in [4.69, 9.17) is 9.84 Å². The molecule has 0 aromatic heterocycles. The predicted molar refractivity (Wildman–Crippen MR) is 118 cm³/mol. The van der Waals surface area contributed by atoms with Crippen LogP contribution in [0.3, 0.4) is 0 Å². The van der Waals surface area contributed by atoms with Crippen molar-refractivity contribution >= 4 is 13.7 Å². The summed E-state index contributed by atoms with van der Waals surface area (Å²) in [6.45, 7) is 2.61. The first kappa shape index (κ1) is 28.5. The van der Waals surface area contributed by atoms with Gasteiger partial charge in [-0.05, 0) is 11.0 Å². The smallest absolute Gasteiger partial charge is 0.441 e. The molecule has 0 radical (unpaired) electrons. The molecule has 0 aromatic carbocycles. The highest BCUT2D eigenvalue weighted by Gasteiger charge is 2.31. The average Bonchev–Trinajstić information content (AvgIpc) is 2.71. The van der Waals surface area contributed by atoms with Crippen LogP contribution in [0.25, 0.3) is 0 Å². The number of carbonyl (C=O) groups is 1. The Bertz CT molecular complexity index is 391. The lowest BCUT2D eigenvalue weighted by molar-refractivity contribution is 0.0126. The van der Waals surface area contributed by atoms with E-state index in [1.54, 1.807) is 0 Å². The highest BCUT2D eigenvalue weighted by Crippen LogP contribution is 2.22. The van der Waals surface area contributed by atoms with Gasteiger partial charge in [0.05, 0.1) is 6.61 Å². The maximum Gasteiger partial charge on any atom is 0.635 e. The van der Waals surface area contributed by atoms with Crippen molar-refractivity contribution in [3.63, 3.8) is 0 Å². The van der Waals surface area contributed by atoms with Gasteiger partial charge in [0.15, 0.2) is 0 Å². The number of unbranched alkanes of at least 4 members (excludes halogenated alkanes) is 15. The predicted octanol–water partition coefficient (Wildman–Crippen LogP) is 7.06. The largest absolute Gasteiger partial charge is 0.635 e. The summed E-state index contributed by atoms with van der Waals surface area (Å²) >= 11 is 0. The number of rotatable bonds is 23. The molecule has 0 spiro atoms. The third-order valence-electron chi connectivity index (χ3n) is 4.99. The summed E-state index contributed by atoms with van der Waals surface area (Å²) in [6.07, 6.45) is 20.2. The molecule has 7 heteroatoms. The number of hydrogen-bond donors (Lipinski definition) is 2. The third-order valence-corrected chi connectivity index (χ3v) is 5.69. The molecule has 29 heavy (non-hydrogen) atoms. The van der Waals surface area contributed by atoms with Crippen LogP contribution in [0.5, 0.6) is 0 Å². The summed E-state index contributed by atoms with van der Waals surface area (Å²) in [5.74, 6) is 0. The van der Waals surface area contributed by atoms with E-state index in [1.807, 2.05) is 0 Å². The Hall–Kier alpha value is -0.550. The van der Waals surface area contributed by atoms with E-state index >= 15 is 0 Å². The maximum atomic E-state index is 10.9. The summed E-state index contributed by atoms with van der Waals surface area (Å²) in [6, 6.07) is 0. The molecular formula is C22H44O6P+. The van der Waals surface area contributed by atoms with Crippen LogP contribution in [0.15, 0.2) is 0 Å². The standard InChI is InChI=1S/C22H43O6P/c1-2-3-4-5-6-7-8-9-10-11-12-13-14-15-16-17-18-27-19-21(23)20-28-29(26)22(24)25/h21,23H,2-20H2,1H3/p+1. The molecule has 0 aliphatic carbocycles. The van der Waals surface area contributed by atoms with Crippen LogP contribution in [-0.4, -0.2) is 41.8 Å². The topological polar surface area (TPSA) is 93.1 Å². The van der Waals surface area contributed by atoms with Crippen molar-refractivity contribution in [1.82, 2.24) is 0 Å². The summed E-state index contributed by atoms with van der Waals surface area (Å²) in [7, 11) is -2.76. The minimum Gasteiger partial charge on any atom is -0.441 e. The Balaban J connectivity index is 3.16. The molecule has 0 heterocycles. The SMILES string of the molecule is CCCCCCCCCCCCCCCCCCOCC(O)CO[P+](=O)C(=O)O. The molecular weight excluding hydrogens is 391 g/mol. The molecule has 0 saturated carbocycles. The highest BCUT2D eigenvalue weighted by molar-refractivity contribution is 7.58. The van der Waals surface area contributed by atoms with Crippen molar-refractivity contribution in [3.8, 4) is 0 Å². The third kappa shape index (κ3) is 22.0. The van der Waals surface area contributed by atoms with E-state index in [9.17, 15) is 14.5 Å². The summed E-state index contributed by atoms with van der Waals surface area (Å²) < 4.78 is 20.7. The Labute approximate surface area is 178 Å². The van der Waals surface area contributed by atoms with Gasteiger partial charge in [-0.15, -0.1) is 4.52 Å². The monoisotopic (exact) mass is 435 g/mol. The van der Waals surface area contributed by atoms with Gasteiger partial charge in [0, 0.05) is 6.61 Å². The number of ether oxygens (including phenoxy) is 1. The Kier molecular flexibility index (Phi) is 21.7. The fraction of sp³-hybridized carbons (Fsp3) is 0.955. The molecule has 0 bridgehead atoms. The molecule has 0 amide bonds. The molecule has 0 rings (SSSR count). The molecule has 172 valence electrons. The van der Waals surface area contributed by atoms with E-state index in [-0.39, 0.29) is 13.2 Å². The lowest BCUT2D eigenvalue weighted by atomic mass is 10.0. The minimum atomic E-state index is -2.76. The van der Waals surface area contributed by atoms with Gasteiger partial charge in [0.2, 0.25) is 0 Å². The van der Waals surface area contributed by atoms with Crippen LogP contribution in [0.4, 0.5) is 4.79 Å². The average molecular weight is 436 g/mol. The lowest BCUT2D eigenvalue weighted by Gasteiger charge is -2.08. The first-order chi connectivity index (χ1) is 14.1. The molecule has 0 aliphatic rings. The first-order valence-corrected chi connectivity index (χ1v) is 12.8. The van der Waals surface area contributed by atoms with E-state index in [2.05, 4.69) is 11.4 Å². The molecule has 6 nitrogen and oxygen atoms in total. The van der Waals surface area contributed by atoms with Crippen molar-refractivity contribution in [1.29, 1.82) is 0 Å². The van der Waals surface area contributed by atoms with Gasteiger partial charge < -0.3 is 14.9 Å². The molecule has 0 aliphatic heterocycles. The van der Waals surface area contributed by atoms with Gasteiger partial charge in [0.25, 0.3) is 0 Å². The van der Waals surface area contributed by atoms with E-state index in [0.29, 0.717) is 6.61 Å². The molecule has 2 unspecified atom stereocenters. The second-order valence-corrected chi connectivity index (χ2v) is 9.02. The van der Waals surface area contributed by atoms with Gasteiger partial charge in [-0.2, -0.15) is 4.79 Å². The van der Waals surface area contributed by atoms with Crippen molar-refractivity contribution in [2.45, 2.75) is 116 Å². The van der Waals surface area contributed by atoms with Crippen molar-refractivity contribution in [3.05, 3.63) is 0 Å². The van der Waals surface area contributed by atoms with Crippen molar-refractivity contribution in [2.24, 2.45) is 0 Å². The number of aliphatic hydroxyl groups is 1. The molecule has 2 atom stereocenters. The quantitative estimate of drug-likeness (QED) is 0.132. The van der Waals surface area contributed by atoms with Crippen molar-refractivity contribution < 1.29 is 28.8 Å². The Morgan fingerprint density at radius 1 is 0.759 bits per heavy atom. The van der Waals surface area contributed by atoms with E-state index in [0.717, 1.165) is 12.8 Å². The van der Waals surface area contributed by atoms with E-state index in [1.165, 1.54) is 89.9 Å². The first-order valence-electron chi connectivity index (χ1n) is 11.7. The summed E-state index contributed by atoms with van der Waals surface area (Å²) in [4.78, 5) is 10.3. The van der Waals surface area contributed by atoms with Crippen LogP contribution in [-0.2, 0) is 13.8 Å². The minimum absolute atomic E-state index is 0.0710. The molecule has 2 N–H and O–H groups in total. The molecule has 0 fully saturated rings. The van der Waals surface area contributed by atoms with Crippen LogP contribution in [0.1, 0.15) is 110 Å². The van der Waals surface area contributed by atoms with Crippen LogP contribution >= 0.6 is 8.03 Å². The Morgan fingerprint density at radius 2 is 1.17 bits per heavy atom. The van der Waals surface area contributed by atoms with Gasteiger partial charge in [0.1, 0.15) is 12.7 Å². The van der Waals surface area contributed by atoms with Gasteiger partial charge in [-0.1, -0.05) is 103 Å². The zero-order valence-corrected chi connectivity index (χ0v) is 19.4. The Morgan fingerprint density at radius 3 is 1.59 bits per heavy atom. The summed E-state index contributed by atoms with van der Waals surface area (Å²) in [5.41, 5.74) is -1.51.